The molecule has 0 heterocycles. The Morgan fingerprint density at radius 2 is 1.47 bits per heavy atom. The number of nitrogens with one attached hydrogen (secondary N) is 1. The van der Waals surface area contributed by atoms with Crippen LogP contribution in [0.2, 0.25) is 0 Å². The molecule has 0 saturated carbocycles. The van der Waals surface area contributed by atoms with E-state index in [1.807, 2.05) is 37.3 Å². The molecule has 3 aromatic rings. The molecule has 0 aliphatic carbocycles. The number of rotatable bonds is 8. The van der Waals surface area contributed by atoms with Crippen molar-refractivity contribution in [1.82, 2.24) is 0 Å². The minimum Gasteiger partial charge on any atom is -0.322 e. The molecular formula is C25H26N2O4S. The predicted molar refractivity (Wildman–Crippen MR) is 127 cm³/mol. The van der Waals surface area contributed by atoms with Gasteiger partial charge < -0.3 is 10.2 Å². The first-order valence-corrected chi connectivity index (χ1v) is 12.1. The highest BCUT2D eigenvalue weighted by Gasteiger charge is 2.20. The highest BCUT2D eigenvalue weighted by atomic mass is 32.2. The number of carbonyl (C=O) groups excluding carboxylic acids is 2. The molecule has 0 atom stereocenters. The van der Waals surface area contributed by atoms with Gasteiger partial charge in [0.25, 0.3) is 5.91 Å². The Balaban J connectivity index is 1.71. The van der Waals surface area contributed by atoms with Crippen LogP contribution in [0.25, 0.3) is 0 Å². The van der Waals surface area contributed by atoms with E-state index in [0.29, 0.717) is 12.2 Å². The van der Waals surface area contributed by atoms with E-state index in [4.69, 9.17) is 0 Å². The van der Waals surface area contributed by atoms with Gasteiger partial charge in [0.15, 0.2) is 9.84 Å². The van der Waals surface area contributed by atoms with Crippen LogP contribution in [0.1, 0.15) is 29.8 Å². The van der Waals surface area contributed by atoms with E-state index in [0.717, 1.165) is 11.3 Å². The van der Waals surface area contributed by atoms with Crippen molar-refractivity contribution >= 4 is 33.0 Å². The number of hydrogen-bond acceptors (Lipinski definition) is 4. The van der Waals surface area contributed by atoms with Gasteiger partial charge in [-0.25, -0.2) is 8.42 Å². The van der Waals surface area contributed by atoms with Gasteiger partial charge in [-0.2, -0.15) is 0 Å². The second kappa shape index (κ2) is 10.2. The van der Waals surface area contributed by atoms with Crippen LogP contribution in [0.5, 0.6) is 0 Å². The second-order valence-electron chi connectivity index (χ2n) is 7.20. The van der Waals surface area contributed by atoms with Gasteiger partial charge in [-0.1, -0.05) is 49.4 Å². The van der Waals surface area contributed by atoms with E-state index >= 15 is 0 Å². The lowest BCUT2D eigenvalue weighted by Crippen LogP contribution is -2.31. The maximum atomic E-state index is 12.8. The molecule has 0 aliphatic rings. The molecule has 7 heteroatoms. The molecule has 0 radical (unpaired) electrons. The monoisotopic (exact) mass is 450 g/mol. The summed E-state index contributed by atoms with van der Waals surface area (Å²) in [7, 11) is -3.52. The van der Waals surface area contributed by atoms with Gasteiger partial charge in [0.2, 0.25) is 5.91 Å². The fourth-order valence-corrected chi connectivity index (χ4v) is 4.46. The largest absolute Gasteiger partial charge is 0.322 e. The quantitative estimate of drug-likeness (QED) is 0.554. The van der Waals surface area contributed by atoms with Crippen molar-refractivity contribution in [2.24, 2.45) is 0 Å². The van der Waals surface area contributed by atoms with Gasteiger partial charge in [0.1, 0.15) is 0 Å². The van der Waals surface area contributed by atoms with Crippen LogP contribution in [0.3, 0.4) is 0 Å². The van der Waals surface area contributed by atoms with Crippen LogP contribution < -0.4 is 10.2 Å². The lowest BCUT2D eigenvalue weighted by Gasteiger charge is -2.21. The Labute approximate surface area is 188 Å². The number of amides is 2. The number of sulfone groups is 1. The van der Waals surface area contributed by atoms with Gasteiger partial charge in [-0.3, -0.25) is 9.59 Å². The molecule has 0 bridgehead atoms. The topological polar surface area (TPSA) is 83.6 Å². The molecule has 0 fully saturated rings. The Bertz CT molecular complexity index is 1190. The zero-order valence-electron chi connectivity index (χ0n) is 18.1. The Kier molecular flexibility index (Phi) is 7.43. The standard InChI is InChI=1S/C25H26N2O4S/c1-3-27(21-10-6-5-7-11-21)24(28)18-19-14-16-20(17-15-19)26-25(29)22-12-8-9-13-23(22)32(30,31)4-2/h5-17H,3-4,18H2,1-2H3,(H,26,29). The van der Waals surface area contributed by atoms with Gasteiger partial charge in [0.05, 0.1) is 22.6 Å². The molecule has 1 N–H and O–H groups in total. The molecular weight excluding hydrogens is 424 g/mol. The van der Waals surface area contributed by atoms with Crippen molar-refractivity contribution in [3.05, 3.63) is 90.0 Å². The maximum absolute atomic E-state index is 12.8. The average Bonchev–Trinajstić information content (AvgIpc) is 2.81. The summed E-state index contributed by atoms with van der Waals surface area (Å²) in [5, 5.41) is 2.74. The molecule has 2 amide bonds. The number of anilines is 2. The third kappa shape index (κ3) is 5.42. The highest BCUT2D eigenvalue weighted by Crippen LogP contribution is 2.20. The van der Waals surface area contributed by atoms with Gasteiger partial charge in [-0.15, -0.1) is 0 Å². The molecule has 0 unspecified atom stereocenters. The number of benzene rings is 3. The lowest BCUT2D eigenvalue weighted by atomic mass is 10.1. The van der Waals surface area contributed by atoms with Gasteiger partial charge in [-0.05, 0) is 48.9 Å². The smallest absolute Gasteiger partial charge is 0.256 e. The Morgan fingerprint density at radius 1 is 0.844 bits per heavy atom. The van der Waals surface area contributed by atoms with Crippen LogP contribution in [0.15, 0.2) is 83.8 Å². The van der Waals surface area contributed by atoms with Crippen LogP contribution in [0, 0.1) is 0 Å². The summed E-state index contributed by atoms with van der Waals surface area (Å²) in [6, 6.07) is 22.6. The minimum atomic E-state index is -3.52. The highest BCUT2D eigenvalue weighted by molar-refractivity contribution is 7.91. The van der Waals surface area contributed by atoms with E-state index in [-0.39, 0.29) is 28.5 Å². The minimum absolute atomic E-state index is 0.0165. The molecule has 166 valence electrons. The summed E-state index contributed by atoms with van der Waals surface area (Å²) in [6.07, 6.45) is 0.231. The van der Waals surface area contributed by atoms with E-state index in [2.05, 4.69) is 5.32 Å². The summed E-state index contributed by atoms with van der Waals surface area (Å²) in [6.45, 7) is 4.04. The van der Waals surface area contributed by atoms with Crippen LogP contribution in [-0.2, 0) is 21.1 Å². The maximum Gasteiger partial charge on any atom is 0.256 e. The molecule has 32 heavy (non-hydrogen) atoms. The Morgan fingerprint density at radius 3 is 2.09 bits per heavy atom. The third-order valence-corrected chi connectivity index (χ3v) is 6.89. The summed E-state index contributed by atoms with van der Waals surface area (Å²) in [4.78, 5) is 27.2. The second-order valence-corrected chi connectivity index (χ2v) is 9.45. The fraction of sp³-hybridized carbons (Fsp3) is 0.200. The van der Waals surface area contributed by atoms with Crippen LogP contribution in [0.4, 0.5) is 11.4 Å². The van der Waals surface area contributed by atoms with E-state index in [1.165, 1.54) is 12.1 Å². The van der Waals surface area contributed by atoms with E-state index in [1.54, 1.807) is 48.2 Å². The van der Waals surface area contributed by atoms with Crippen molar-refractivity contribution in [2.75, 3.05) is 22.5 Å². The summed E-state index contributed by atoms with van der Waals surface area (Å²) < 4.78 is 24.6. The van der Waals surface area contributed by atoms with E-state index < -0.39 is 15.7 Å². The van der Waals surface area contributed by atoms with Crippen molar-refractivity contribution < 1.29 is 18.0 Å². The van der Waals surface area contributed by atoms with E-state index in [9.17, 15) is 18.0 Å². The molecule has 0 saturated heterocycles. The van der Waals surface area contributed by atoms with Crippen molar-refractivity contribution in [2.45, 2.75) is 25.2 Å². The number of nitrogens with zero attached hydrogens (tertiary/aromatic N) is 1. The summed E-state index contributed by atoms with van der Waals surface area (Å²) in [5.41, 5.74) is 2.29. The van der Waals surface area contributed by atoms with Crippen molar-refractivity contribution in [3.63, 3.8) is 0 Å². The van der Waals surface area contributed by atoms with Gasteiger partial charge in [0, 0.05) is 17.9 Å². The Hall–Kier alpha value is -3.45. The van der Waals surface area contributed by atoms with Crippen LogP contribution in [-0.4, -0.2) is 32.5 Å². The lowest BCUT2D eigenvalue weighted by molar-refractivity contribution is -0.117. The molecule has 0 aromatic heterocycles. The predicted octanol–water partition coefficient (Wildman–Crippen LogP) is 4.33. The van der Waals surface area contributed by atoms with Gasteiger partial charge >= 0.3 is 0 Å². The first-order valence-electron chi connectivity index (χ1n) is 10.4. The van der Waals surface area contributed by atoms with Crippen molar-refractivity contribution in [3.8, 4) is 0 Å². The molecule has 3 rings (SSSR count). The number of hydrogen-bond donors (Lipinski definition) is 1. The fourth-order valence-electron chi connectivity index (χ4n) is 3.37. The molecule has 6 nitrogen and oxygen atoms in total. The van der Waals surface area contributed by atoms with Crippen LogP contribution >= 0.6 is 0 Å². The van der Waals surface area contributed by atoms with Crippen molar-refractivity contribution in [1.29, 1.82) is 0 Å². The summed E-state index contributed by atoms with van der Waals surface area (Å²) in [5.74, 6) is -0.602. The molecule has 3 aromatic carbocycles. The number of likely N-dealkylation sites (N-methyl/N-ethyl adjacent to an activating group) is 1. The number of carbonyl (C=O) groups is 2. The zero-order chi connectivity index (χ0) is 23.1. The molecule has 0 spiro atoms. The zero-order valence-corrected chi connectivity index (χ0v) is 18.9. The first-order chi connectivity index (χ1) is 15.4. The normalized spacial score (nSPS) is 11.1. The third-order valence-electron chi connectivity index (χ3n) is 5.10. The number of para-hydroxylation sites is 1. The SMILES string of the molecule is CCN(C(=O)Cc1ccc(NC(=O)c2ccccc2S(=O)(=O)CC)cc1)c1ccccc1. The first kappa shape index (κ1) is 23.2. The average molecular weight is 451 g/mol. The summed E-state index contributed by atoms with van der Waals surface area (Å²) >= 11 is 0. The molecule has 0 aliphatic heterocycles.